The Labute approximate surface area is 191 Å². The fourth-order valence-electron chi connectivity index (χ4n) is 3.93. The Kier molecular flexibility index (Phi) is 5.71. The van der Waals surface area contributed by atoms with Crippen molar-refractivity contribution in [2.24, 2.45) is 0 Å². The van der Waals surface area contributed by atoms with Crippen molar-refractivity contribution in [3.63, 3.8) is 0 Å². The first kappa shape index (κ1) is 23.5. The summed E-state index contributed by atoms with van der Waals surface area (Å²) in [4.78, 5) is 13.2. The minimum atomic E-state index is -2.29. The Morgan fingerprint density at radius 1 is 0.912 bits per heavy atom. The fraction of sp³-hybridized carbons (Fsp3) is 0.250. The van der Waals surface area contributed by atoms with E-state index in [1.54, 1.807) is 51.1 Å². The van der Waals surface area contributed by atoms with Crippen LogP contribution in [-0.2, 0) is 9.53 Å². The van der Waals surface area contributed by atoms with Crippen LogP contribution in [0, 0.1) is 29.1 Å². The summed E-state index contributed by atoms with van der Waals surface area (Å²) in [6.07, 6.45) is 0. The number of esters is 1. The second-order valence-electron chi connectivity index (χ2n) is 8.81. The number of ether oxygens (including phenoxy) is 1. The number of aromatic nitrogens is 2. The maximum atomic E-state index is 15.1. The number of benzene rings is 2. The second kappa shape index (κ2) is 8.27. The number of nitrogens with one attached hydrogen (secondary N) is 2. The summed E-state index contributed by atoms with van der Waals surface area (Å²) in [5, 5.41) is 9.74. The predicted octanol–water partition coefficient (Wildman–Crippen LogP) is 5.95. The van der Waals surface area contributed by atoms with Gasteiger partial charge in [0.15, 0.2) is 29.1 Å². The van der Waals surface area contributed by atoms with Gasteiger partial charge >= 0.3 is 5.97 Å². The molecule has 0 saturated carbocycles. The Hall–Kier alpha value is -3.69. The van der Waals surface area contributed by atoms with Crippen LogP contribution >= 0.6 is 0 Å². The summed E-state index contributed by atoms with van der Waals surface area (Å²) in [6.45, 7) is 6.19. The van der Waals surface area contributed by atoms with E-state index >= 15 is 8.78 Å². The first-order valence-corrected chi connectivity index (χ1v) is 10.3. The van der Waals surface area contributed by atoms with E-state index in [4.69, 9.17) is 4.74 Å². The number of nitrogens with zero attached hydrogens (tertiary/aromatic N) is 1. The zero-order valence-electron chi connectivity index (χ0n) is 18.6. The molecule has 1 aliphatic heterocycles. The van der Waals surface area contributed by atoms with Crippen LogP contribution in [-0.4, -0.2) is 21.8 Å². The van der Waals surface area contributed by atoms with Gasteiger partial charge in [-0.2, -0.15) is 5.10 Å². The van der Waals surface area contributed by atoms with Crippen LogP contribution in [0.5, 0.6) is 0 Å². The minimum Gasteiger partial charge on any atom is -0.457 e. The van der Waals surface area contributed by atoms with Crippen LogP contribution in [0.3, 0.4) is 0 Å². The van der Waals surface area contributed by atoms with E-state index in [0.717, 1.165) is 0 Å². The Balaban J connectivity index is 2.06. The average Bonchev–Trinajstić information content (AvgIpc) is 3.19. The summed E-state index contributed by atoms with van der Waals surface area (Å²) in [7, 11) is 0. The molecule has 34 heavy (non-hydrogen) atoms. The van der Waals surface area contributed by atoms with Gasteiger partial charge in [0.25, 0.3) is 0 Å². The van der Waals surface area contributed by atoms with Gasteiger partial charge in [-0.1, -0.05) is 30.3 Å². The number of hydrogen-bond donors (Lipinski definition) is 2. The molecule has 0 saturated heterocycles. The van der Waals surface area contributed by atoms with Crippen molar-refractivity contribution in [2.45, 2.75) is 39.2 Å². The van der Waals surface area contributed by atoms with Crippen molar-refractivity contribution in [1.82, 2.24) is 10.2 Å². The quantitative estimate of drug-likeness (QED) is 0.212. The molecule has 178 valence electrons. The molecule has 10 heteroatoms. The van der Waals surface area contributed by atoms with E-state index in [9.17, 15) is 18.0 Å². The normalized spacial score (nSPS) is 15.7. The van der Waals surface area contributed by atoms with Gasteiger partial charge in [-0.05, 0) is 33.3 Å². The number of H-pyrrole nitrogens is 1. The lowest BCUT2D eigenvalue weighted by atomic mass is 9.79. The van der Waals surface area contributed by atoms with Crippen molar-refractivity contribution in [3.8, 4) is 11.3 Å². The molecule has 2 aromatic carbocycles. The highest BCUT2D eigenvalue weighted by Gasteiger charge is 2.43. The average molecular weight is 477 g/mol. The lowest BCUT2D eigenvalue weighted by Crippen LogP contribution is -2.31. The molecule has 0 fully saturated rings. The molecule has 0 radical (unpaired) electrons. The molecule has 2 N–H and O–H groups in total. The van der Waals surface area contributed by atoms with E-state index in [0.29, 0.717) is 5.56 Å². The number of carbonyl (C=O) groups excluding carboxylic acids is 1. The molecule has 5 nitrogen and oxygen atoms in total. The summed E-state index contributed by atoms with van der Waals surface area (Å²) >= 11 is 0. The van der Waals surface area contributed by atoms with E-state index in [1.165, 1.54) is 6.92 Å². The molecule has 1 aliphatic rings. The highest BCUT2D eigenvalue weighted by Crippen LogP contribution is 2.48. The van der Waals surface area contributed by atoms with Gasteiger partial charge in [-0.3, -0.25) is 5.10 Å². The largest absolute Gasteiger partial charge is 0.457 e. The maximum absolute atomic E-state index is 15.1. The fourth-order valence-corrected chi connectivity index (χ4v) is 3.93. The molecule has 0 aliphatic carbocycles. The van der Waals surface area contributed by atoms with Crippen LogP contribution in [0.25, 0.3) is 11.3 Å². The smallest absolute Gasteiger partial charge is 0.337 e. The monoisotopic (exact) mass is 477 g/mol. The third-order valence-electron chi connectivity index (χ3n) is 5.30. The molecule has 2 heterocycles. The summed E-state index contributed by atoms with van der Waals surface area (Å²) in [5.74, 6) is -13.2. The Bertz CT molecular complexity index is 1300. The summed E-state index contributed by atoms with van der Waals surface area (Å²) in [6, 6.07) is 8.47. The number of aromatic amines is 1. The molecule has 3 aromatic rings. The topological polar surface area (TPSA) is 67.0 Å². The van der Waals surface area contributed by atoms with Crippen LogP contribution in [0.1, 0.15) is 44.7 Å². The molecule has 4 rings (SSSR count). The predicted molar refractivity (Wildman–Crippen MR) is 114 cm³/mol. The van der Waals surface area contributed by atoms with E-state index < -0.39 is 52.1 Å². The number of halogens is 5. The molecule has 0 amide bonds. The zero-order valence-corrected chi connectivity index (χ0v) is 18.6. The molecule has 1 unspecified atom stereocenters. The lowest BCUT2D eigenvalue weighted by molar-refractivity contribution is -0.150. The van der Waals surface area contributed by atoms with Crippen LogP contribution < -0.4 is 5.32 Å². The molecule has 1 atom stereocenters. The van der Waals surface area contributed by atoms with E-state index in [1.807, 2.05) is 0 Å². The zero-order chi connectivity index (χ0) is 24.9. The van der Waals surface area contributed by atoms with Gasteiger partial charge < -0.3 is 10.1 Å². The number of anilines is 1. The van der Waals surface area contributed by atoms with Crippen LogP contribution in [0.15, 0.2) is 41.6 Å². The maximum Gasteiger partial charge on any atom is 0.337 e. The van der Waals surface area contributed by atoms with Gasteiger partial charge in [0.05, 0.1) is 17.2 Å². The van der Waals surface area contributed by atoms with E-state index in [2.05, 4.69) is 15.5 Å². The van der Waals surface area contributed by atoms with Crippen molar-refractivity contribution < 1.29 is 31.5 Å². The van der Waals surface area contributed by atoms with Crippen molar-refractivity contribution in [2.75, 3.05) is 5.32 Å². The second-order valence-corrected chi connectivity index (χ2v) is 8.81. The van der Waals surface area contributed by atoms with Gasteiger partial charge in [0, 0.05) is 16.8 Å². The van der Waals surface area contributed by atoms with Crippen molar-refractivity contribution in [3.05, 3.63) is 81.8 Å². The molecular formula is C24H20F5N3O2. The number of carbonyl (C=O) groups is 1. The third kappa shape index (κ3) is 3.82. The number of allylic oxidation sites excluding steroid dienone is 1. The standard InChI is InChI=1S/C24H20F5N3O2/c1-10-12(23(33)34-24(2,3)4)13(14-16(25)18(27)20(29)19(28)17(14)26)15-21(31-32-22(15)30-10)11-8-6-5-7-9-11/h5-9,13H,1-4H3,(H2,30,31,32). The Morgan fingerprint density at radius 3 is 2.03 bits per heavy atom. The highest BCUT2D eigenvalue weighted by molar-refractivity contribution is 5.96. The highest BCUT2D eigenvalue weighted by atomic mass is 19.2. The summed E-state index contributed by atoms with van der Waals surface area (Å²) in [5.41, 5.74) is -1.56. The minimum absolute atomic E-state index is 0.0425. The van der Waals surface area contributed by atoms with Gasteiger partial charge in [0.2, 0.25) is 5.82 Å². The summed E-state index contributed by atoms with van der Waals surface area (Å²) < 4.78 is 77.9. The SMILES string of the molecule is CC1=C(C(=O)OC(C)(C)C)C(c2c(F)c(F)c(F)c(F)c2F)c2c(n[nH]c2-c2ccccc2)N1. The van der Waals surface area contributed by atoms with Crippen LogP contribution in [0.4, 0.5) is 27.8 Å². The lowest BCUT2D eigenvalue weighted by Gasteiger charge is -2.30. The van der Waals surface area contributed by atoms with E-state index in [-0.39, 0.29) is 28.3 Å². The third-order valence-corrected chi connectivity index (χ3v) is 5.30. The van der Waals surface area contributed by atoms with Crippen molar-refractivity contribution >= 4 is 11.8 Å². The first-order chi connectivity index (χ1) is 15.9. The number of fused-ring (bicyclic) bond motifs is 1. The molecule has 0 spiro atoms. The van der Waals surface area contributed by atoms with Gasteiger partial charge in [-0.15, -0.1) is 0 Å². The molecule has 1 aromatic heterocycles. The Morgan fingerprint density at radius 2 is 1.47 bits per heavy atom. The number of rotatable bonds is 3. The molecule has 0 bridgehead atoms. The van der Waals surface area contributed by atoms with Gasteiger partial charge in [0.1, 0.15) is 5.60 Å². The van der Waals surface area contributed by atoms with Crippen molar-refractivity contribution in [1.29, 1.82) is 0 Å². The number of hydrogen-bond acceptors (Lipinski definition) is 4. The molecular weight excluding hydrogens is 457 g/mol. The first-order valence-electron chi connectivity index (χ1n) is 10.3. The van der Waals surface area contributed by atoms with Gasteiger partial charge in [-0.25, -0.2) is 26.7 Å². The van der Waals surface area contributed by atoms with Crippen LogP contribution in [0.2, 0.25) is 0 Å².